The second-order valence-corrected chi connectivity index (χ2v) is 7.49. The molecule has 0 unspecified atom stereocenters. The molecule has 16 heteroatoms. The predicted molar refractivity (Wildman–Crippen MR) is 185 cm³/mol. The van der Waals surface area contributed by atoms with Gasteiger partial charge in [0, 0.05) is 16.5 Å². The molecule has 0 spiro atoms. The van der Waals surface area contributed by atoms with E-state index >= 15 is 0 Å². The lowest BCUT2D eigenvalue weighted by Gasteiger charge is -2.04. The van der Waals surface area contributed by atoms with E-state index in [0.29, 0.717) is 34.1 Å². The summed E-state index contributed by atoms with van der Waals surface area (Å²) in [7, 11) is 0. The number of fused-ring (bicyclic) bond motifs is 2. The molecule has 0 atom stereocenters. The van der Waals surface area contributed by atoms with Gasteiger partial charge in [0.1, 0.15) is 6.29 Å². The number of anilines is 6. The van der Waals surface area contributed by atoms with Crippen LogP contribution in [0.2, 0.25) is 0 Å². The van der Waals surface area contributed by atoms with Gasteiger partial charge in [-0.15, -0.1) is 0 Å². The number of hydrogen-bond donors (Lipinski definition) is 11. The number of aliphatic hydroxyl groups is 1. The Morgan fingerprint density at radius 3 is 0.956 bits per heavy atom. The zero-order valence-corrected chi connectivity index (χ0v) is 24.2. The third-order valence-electron chi connectivity index (χ3n) is 4.54. The first-order chi connectivity index (χ1) is 21.2. The number of aromatic nitrogens is 2. The smallest absolute Gasteiger partial charge is 0.116 e. The molecule has 45 heavy (non-hydrogen) atoms. The van der Waals surface area contributed by atoms with Crippen molar-refractivity contribution in [2.75, 3.05) is 41.0 Å². The number of aldehydes is 1. The summed E-state index contributed by atoms with van der Waals surface area (Å²) in [6.07, 6.45) is 0.750. The molecule has 16 nitrogen and oxygen atoms in total. The van der Waals surface area contributed by atoms with Crippen LogP contribution in [-0.2, 0) is 4.79 Å². The minimum absolute atomic E-state index is 0. The Kier molecular flexibility index (Phi) is 30.7. The van der Waals surface area contributed by atoms with E-state index in [2.05, 4.69) is 9.97 Å². The molecule has 0 aliphatic rings. The van der Waals surface area contributed by atoms with Crippen LogP contribution in [0.4, 0.5) is 34.1 Å². The lowest BCUT2D eigenvalue weighted by molar-refractivity contribution is -0.176. The van der Waals surface area contributed by atoms with Crippen LogP contribution < -0.4 is 34.4 Å². The summed E-state index contributed by atoms with van der Waals surface area (Å²) in [6, 6.07) is 25.7. The zero-order chi connectivity index (χ0) is 34.5. The van der Waals surface area contributed by atoms with E-state index in [-0.39, 0.29) is 14.0 Å². The number of para-hydroxylation sites is 6. The highest BCUT2D eigenvalue weighted by atomic mass is 17.0. The second kappa shape index (κ2) is 29.8. The molecule has 17 N–H and O–H groups in total. The number of nitrogens with two attached hydrogens (primary N) is 6. The predicted octanol–water partition coefficient (Wildman–Crippen LogP) is 4.59. The number of rotatable bonds is 0. The lowest BCUT2D eigenvalue weighted by atomic mass is 10.2. The highest BCUT2D eigenvalue weighted by molar-refractivity contribution is 5.91. The summed E-state index contributed by atoms with van der Waals surface area (Å²) in [5, 5.41) is 31.6. The van der Waals surface area contributed by atoms with Gasteiger partial charge < -0.3 is 44.3 Å². The van der Waals surface area contributed by atoms with Crippen LogP contribution in [0.1, 0.15) is 21.3 Å². The molecule has 0 fully saturated rings. The molecule has 5 rings (SSSR count). The standard InChI is InChI=1S/C12H10N4.2C6H8N2.C2H6O.C2H4O.CH4.2H2O2.O2/c13-7-5-11-12(6-8(7)14)16-10-4-2-1-3-9(10)15-11;2*7-5-3-1-2-4-6(5)8;2*1-2-3;;3*1-2/h1-6H,13-14H2;2*1-4H,7-8H2;3H,2H2,1H3;2H,1H3;1H4;2*1-2H;. The fourth-order valence-corrected chi connectivity index (χ4v) is 2.72. The van der Waals surface area contributed by atoms with Crippen molar-refractivity contribution in [1.82, 2.24) is 9.97 Å². The van der Waals surface area contributed by atoms with Gasteiger partial charge >= 0.3 is 0 Å². The van der Waals surface area contributed by atoms with E-state index in [9.17, 15) is 0 Å². The Balaban J connectivity index is -0.000000250. The van der Waals surface area contributed by atoms with Gasteiger partial charge in [-0.3, -0.25) is 21.0 Å². The third-order valence-corrected chi connectivity index (χ3v) is 4.54. The molecular formula is C29H44N8O8. The average Bonchev–Trinajstić information content (AvgIpc) is 3.04. The minimum atomic E-state index is 0. The maximum Gasteiger partial charge on any atom is 0.116 e. The fraction of sp³-hybridized carbons (Fsp3) is 0.138. The van der Waals surface area contributed by atoms with Gasteiger partial charge in [0.2, 0.25) is 0 Å². The molecule has 0 aliphatic carbocycles. The van der Waals surface area contributed by atoms with Crippen LogP contribution >= 0.6 is 0 Å². The molecule has 4 aromatic carbocycles. The van der Waals surface area contributed by atoms with Crippen LogP contribution in [-0.4, -0.2) is 49.0 Å². The highest BCUT2D eigenvalue weighted by Gasteiger charge is 2.03. The maximum absolute atomic E-state index is 8.81. The van der Waals surface area contributed by atoms with Crippen LogP contribution in [0.3, 0.4) is 0 Å². The van der Waals surface area contributed by atoms with E-state index in [0.717, 1.165) is 28.4 Å². The Bertz CT molecular complexity index is 1320. The number of hydrogen-bond acceptors (Lipinski definition) is 16. The fourth-order valence-electron chi connectivity index (χ4n) is 2.72. The number of nitrogens with zero attached hydrogens (tertiary/aromatic N) is 2. The summed E-state index contributed by atoms with van der Waals surface area (Å²) >= 11 is 0. The Hall–Kier alpha value is -5.65. The molecule has 1 aromatic heterocycles. The topological polar surface area (TPSA) is 334 Å². The first kappa shape index (κ1) is 46.3. The van der Waals surface area contributed by atoms with Crippen LogP contribution in [0, 0.1) is 9.93 Å². The van der Waals surface area contributed by atoms with Crippen molar-refractivity contribution in [3.8, 4) is 0 Å². The van der Waals surface area contributed by atoms with Gasteiger partial charge in [-0.2, -0.15) is 0 Å². The van der Waals surface area contributed by atoms with Gasteiger partial charge in [-0.05, 0) is 62.4 Å². The largest absolute Gasteiger partial charge is 0.397 e. The molecule has 248 valence electrons. The Morgan fingerprint density at radius 2 is 0.756 bits per heavy atom. The number of carbonyl (C=O) groups excluding carboxylic acids is 1. The Morgan fingerprint density at radius 1 is 0.556 bits per heavy atom. The van der Waals surface area contributed by atoms with Crippen molar-refractivity contribution >= 4 is 62.5 Å². The molecule has 0 saturated carbocycles. The number of carbonyl (C=O) groups is 1. The summed E-state index contributed by atoms with van der Waals surface area (Å²) in [4.78, 5) is 31.8. The number of benzene rings is 4. The van der Waals surface area contributed by atoms with E-state index in [1.54, 1.807) is 43.3 Å². The van der Waals surface area contributed by atoms with Crippen LogP contribution in [0.15, 0.2) is 84.9 Å². The molecule has 5 aromatic rings. The maximum atomic E-state index is 8.81. The van der Waals surface area contributed by atoms with E-state index in [1.807, 2.05) is 48.5 Å². The molecule has 0 radical (unpaired) electrons. The summed E-state index contributed by atoms with van der Waals surface area (Å²) in [5.41, 5.74) is 40.0. The van der Waals surface area contributed by atoms with Gasteiger partial charge in [0.05, 0.1) is 56.2 Å². The first-order valence-electron chi connectivity index (χ1n) is 12.2. The molecule has 0 bridgehead atoms. The van der Waals surface area contributed by atoms with E-state index in [4.69, 9.17) is 75.3 Å². The van der Waals surface area contributed by atoms with Gasteiger partial charge in [-0.25, -0.2) is 9.97 Å². The number of nitrogen functional groups attached to an aromatic ring is 6. The summed E-state index contributed by atoms with van der Waals surface area (Å²) in [6.45, 7) is 3.38. The summed E-state index contributed by atoms with van der Waals surface area (Å²) in [5.74, 6) is 0. The van der Waals surface area contributed by atoms with E-state index < -0.39 is 0 Å². The SMILES string of the molecule is C.CC=O.CCO.Nc1cc2nc3ccccc3nc2cc1N.Nc1ccccc1N.Nc1ccccc1N.O=O.OO.OO. The third kappa shape index (κ3) is 19.2. The lowest BCUT2D eigenvalue weighted by Crippen LogP contribution is -1.96. The first-order valence-corrected chi connectivity index (χ1v) is 12.2. The zero-order valence-electron chi connectivity index (χ0n) is 24.2. The van der Waals surface area contributed by atoms with Gasteiger partial charge in [0.15, 0.2) is 0 Å². The molecule has 0 aliphatic heterocycles. The van der Waals surface area contributed by atoms with Crippen LogP contribution in [0.5, 0.6) is 0 Å². The molecule has 1 heterocycles. The van der Waals surface area contributed by atoms with Crippen molar-refractivity contribution in [3.05, 3.63) is 94.9 Å². The van der Waals surface area contributed by atoms with Crippen LogP contribution in [0.25, 0.3) is 22.1 Å². The van der Waals surface area contributed by atoms with Gasteiger partial charge in [-0.1, -0.05) is 43.8 Å². The van der Waals surface area contributed by atoms with Gasteiger partial charge in [0.25, 0.3) is 0 Å². The quantitative estimate of drug-likeness (QED) is 0.0365. The summed E-state index contributed by atoms with van der Waals surface area (Å²) < 4.78 is 0. The van der Waals surface area contributed by atoms with Crippen molar-refractivity contribution < 1.29 is 30.9 Å². The molecule has 0 amide bonds. The van der Waals surface area contributed by atoms with Crippen molar-refractivity contribution in [1.29, 1.82) is 0 Å². The Labute approximate surface area is 260 Å². The monoisotopic (exact) mass is 632 g/mol. The van der Waals surface area contributed by atoms with Crippen molar-refractivity contribution in [3.63, 3.8) is 0 Å². The highest BCUT2D eigenvalue weighted by Crippen LogP contribution is 2.23. The van der Waals surface area contributed by atoms with Crippen molar-refractivity contribution in [2.24, 2.45) is 0 Å². The average molecular weight is 633 g/mol. The normalized spacial score (nSPS) is 8.16. The molecular weight excluding hydrogens is 588 g/mol. The van der Waals surface area contributed by atoms with Crippen molar-refractivity contribution in [2.45, 2.75) is 21.3 Å². The molecule has 0 saturated heterocycles. The second-order valence-electron chi connectivity index (χ2n) is 7.49. The number of aliphatic hydroxyl groups excluding tert-OH is 1. The van der Waals surface area contributed by atoms with E-state index in [1.165, 1.54) is 6.92 Å². The minimum Gasteiger partial charge on any atom is -0.397 e.